The van der Waals surface area contributed by atoms with E-state index in [1.807, 2.05) is 6.07 Å². The van der Waals surface area contributed by atoms with E-state index in [1.54, 1.807) is 12.4 Å². The third kappa shape index (κ3) is 2.90. The first-order valence-corrected chi connectivity index (χ1v) is 6.76. The van der Waals surface area contributed by atoms with E-state index in [1.165, 1.54) is 12.1 Å². The molecule has 3 rings (SSSR count). The number of nitrogens with zero attached hydrogens (tertiary/aromatic N) is 3. The van der Waals surface area contributed by atoms with E-state index in [4.69, 9.17) is 0 Å². The van der Waals surface area contributed by atoms with Crippen LogP contribution < -0.4 is 10.2 Å². The molecule has 0 bridgehead atoms. The summed E-state index contributed by atoms with van der Waals surface area (Å²) in [6, 6.07) is 10.4. The van der Waals surface area contributed by atoms with Crippen molar-refractivity contribution in [2.75, 3.05) is 31.1 Å². The molecule has 1 aliphatic heterocycles. The smallest absolute Gasteiger partial charge is 0.159 e. The van der Waals surface area contributed by atoms with Gasteiger partial charge in [0.2, 0.25) is 0 Å². The number of hydrogen-bond donors (Lipinski definition) is 1. The molecule has 19 heavy (non-hydrogen) atoms. The Morgan fingerprint density at radius 1 is 0.947 bits per heavy atom. The summed E-state index contributed by atoms with van der Waals surface area (Å²) in [6.45, 7) is 4.37. The second-order valence-corrected chi connectivity index (χ2v) is 4.71. The summed E-state index contributed by atoms with van der Waals surface area (Å²) in [7, 11) is 0. The molecule has 1 saturated heterocycles. The highest BCUT2D eigenvalue weighted by molar-refractivity contribution is 5.60. The van der Waals surface area contributed by atoms with Gasteiger partial charge in [-0.2, -0.15) is 0 Å². The van der Waals surface area contributed by atoms with Crippen molar-refractivity contribution in [3.05, 3.63) is 42.7 Å². The average Bonchev–Trinajstić information content (AvgIpc) is 2.77. The monoisotopic (exact) mass is 254 g/mol. The van der Waals surface area contributed by atoms with Gasteiger partial charge >= 0.3 is 0 Å². The lowest BCUT2D eigenvalue weighted by Crippen LogP contribution is -2.27. The van der Waals surface area contributed by atoms with E-state index in [9.17, 15) is 0 Å². The zero-order valence-electron chi connectivity index (χ0n) is 10.9. The highest BCUT2D eigenvalue weighted by Gasteiger charge is 2.09. The molecule has 0 unspecified atom stereocenters. The van der Waals surface area contributed by atoms with Crippen LogP contribution in [0.1, 0.15) is 6.42 Å². The topological polar surface area (TPSA) is 41.1 Å². The van der Waals surface area contributed by atoms with Crippen LogP contribution in [0.5, 0.6) is 0 Å². The van der Waals surface area contributed by atoms with Crippen molar-refractivity contribution in [3.63, 3.8) is 0 Å². The van der Waals surface area contributed by atoms with Crippen molar-refractivity contribution in [2.24, 2.45) is 0 Å². The second kappa shape index (κ2) is 5.80. The summed E-state index contributed by atoms with van der Waals surface area (Å²) in [5.74, 6) is 0.784. The van der Waals surface area contributed by atoms with Crippen LogP contribution in [-0.4, -0.2) is 36.1 Å². The molecule has 1 N–H and O–H groups in total. The average molecular weight is 254 g/mol. The van der Waals surface area contributed by atoms with Gasteiger partial charge in [-0.25, -0.2) is 9.97 Å². The van der Waals surface area contributed by atoms with Crippen molar-refractivity contribution in [2.45, 2.75) is 6.42 Å². The molecular weight excluding hydrogens is 236 g/mol. The van der Waals surface area contributed by atoms with Gasteiger partial charge in [0.25, 0.3) is 0 Å². The van der Waals surface area contributed by atoms with Gasteiger partial charge in [-0.05, 0) is 43.3 Å². The first-order chi connectivity index (χ1) is 9.43. The normalized spacial score (nSPS) is 16.1. The van der Waals surface area contributed by atoms with Crippen molar-refractivity contribution in [1.29, 1.82) is 0 Å². The first kappa shape index (κ1) is 12.1. The molecule has 1 aromatic heterocycles. The fourth-order valence-electron chi connectivity index (χ4n) is 2.37. The van der Waals surface area contributed by atoms with E-state index in [2.05, 4.69) is 44.5 Å². The molecule has 0 amide bonds. The fraction of sp³-hybridized carbons (Fsp3) is 0.333. The number of benzene rings is 1. The summed E-state index contributed by atoms with van der Waals surface area (Å²) in [5, 5.41) is 3.42. The molecule has 0 radical (unpaired) electrons. The van der Waals surface area contributed by atoms with Gasteiger partial charge in [0.15, 0.2) is 5.82 Å². The highest BCUT2D eigenvalue weighted by atomic mass is 15.2. The molecule has 0 aliphatic carbocycles. The molecular formula is C15H18N4. The predicted molar refractivity (Wildman–Crippen MR) is 77.2 cm³/mol. The number of hydrogen-bond acceptors (Lipinski definition) is 4. The summed E-state index contributed by atoms with van der Waals surface area (Å²) >= 11 is 0. The van der Waals surface area contributed by atoms with Crippen LogP contribution in [-0.2, 0) is 0 Å². The quantitative estimate of drug-likeness (QED) is 0.889. The fourth-order valence-corrected chi connectivity index (χ4v) is 2.37. The van der Waals surface area contributed by atoms with Gasteiger partial charge in [-0.3, -0.25) is 0 Å². The van der Waals surface area contributed by atoms with Crippen LogP contribution in [0.3, 0.4) is 0 Å². The summed E-state index contributed by atoms with van der Waals surface area (Å²) in [6.07, 6.45) is 4.75. The molecule has 0 spiro atoms. The minimum Gasteiger partial charge on any atom is -0.370 e. The van der Waals surface area contributed by atoms with Gasteiger partial charge in [-0.15, -0.1) is 0 Å². The Kier molecular flexibility index (Phi) is 3.70. The summed E-state index contributed by atoms with van der Waals surface area (Å²) in [5.41, 5.74) is 2.35. The third-order valence-electron chi connectivity index (χ3n) is 3.40. The molecule has 0 atom stereocenters. The van der Waals surface area contributed by atoms with Crippen molar-refractivity contribution >= 4 is 5.69 Å². The van der Waals surface area contributed by atoms with Gasteiger partial charge in [-0.1, -0.05) is 0 Å². The Labute approximate surface area is 113 Å². The van der Waals surface area contributed by atoms with Gasteiger partial charge < -0.3 is 10.2 Å². The van der Waals surface area contributed by atoms with E-state index in [0.717, 1.165) is 37.6 Å². The molecule has 0 saturated carbocycles. The Morgan fingerprint density at radius 2 is 1.74 bits per heavy atom. The minimum absolute atomic E-state index is 0.784. The largest absolute Gasteiger partial charge is 0.370 e. The highest BCUT2D eigenvalue weighted by Crippen LogP contribution is 2.20. The summed E-state index contributed by atoms with van der Waals surface area (Å²) < 4.78 is 0. The molecule has 2 aromatic rings. The van der Waals surface area contributed by atoms with Gasteiger partial charge in [0.1, 0.15) is 0 Å². The lowest BCUT2D eigenvalue weighted by Gasteiger charge is -2.22. The molecule has 1 fully saturated rings. The van der Waals surface area contributed by atoms with E-state index in [0.29, 0.717) is 0 Å². The van der Waals surface area contributed by atoms with Crippen molar-refractivity contribution < 1.29 is 0 Å². The zero-order valence-corrected chi connectivity index (χ0v) is 10.9. The minimum atomic E-state index is 0.784. The van der Waals surface area contributed by atoms with Crippen molar-refractivity contribution in [1.82, 2.24) is 15.3 Å². The maximum atomic E-state index is 4.27. The standard InChI is InChI=1S/C15H18N4/c1-8-17-15(18-9-1)13-3-5-14(6-4-13)19-11-2-7-16-10-12-19/h1,3-6,8-9,16H,2,7,10-12H2. The number of anilines is 1. The Morgan fingerprint density at radius 3 is 2.53 bits per heavy atom. The predicted octanol–water partition coefficient (Wildman–Crippen LogP) is 1.94. The van der Waals surface area contributed by atoms with Crippen LogP contribution in [0.25, 0.3) is 11.4 Å². The molecule has 98 valence electrons. The third-order valence-corrected chi connectivity index (χ3v) is 3.40. The van der Waals surface area contributed by atoms with Crippen molar-refractivity contribution in [3.8, 4) is 11.4 Å². The number of rotatable bonds is 2. The zero-order chi connectivity index (χ0) is 12.9. The SMILES string of the molecule is c1cnc(-c2ccc(N3CCCNCC3)cc2)nc1. The van der Waals surface area contributed by atoms with Crippen LogP contribution in [0.15, 0.2) is 42.7 Å². The van der Waals surface area contributed by atoms with Crippen LogP contribution >= 0.6 is 0 Å². The first-order valence-electron chi connectivity index (χ1n) is 6.76. The lowest BCUT2D eigenvalue weighted by atomic mass is 10.1. The summed E-state index contributed by atoms with van der Waals surface area (Å²) in [4.78, 5) is 11.0. The Balaban J connectivity index is 1.78. The maximum Gasteiger partial charge on any atom is 0.159 e. The molecule has 4 heteroatoms. The maximum absolute atomic E-state index is 4.27. The van der Waals surface area contributed by atoms with Gasteiger partial charge in [0, 0.05) is 43.3 Å². The Hall–Kier alpha value is -1.94. The lowest BCUT2D eigenvalue weighted by molar-refractivity contribution is 0.724. The van der Waals surface area contributed by atoms with E-state index < -0.39 is 0 Å². The molecule has 1 aromatic carbocycles. The van der Waals surface area contributed by atoms with E-state index >= 15 is 0 Å². The van der Waals surface area contributed by atoms with Crippen LogP contribution in [0.2, 0.25) is 0 Å². The number of aromatic nitrogens is 2. The van der Waals surface area contributed by atoms with Crippen LogP contribution in [0.4, 0.5) is 5.69 Å². The molecule has 1 aliphatic rings. The van der Waals surface area contributed by atoms with Crippen LogP contribution in [0, 0.1) is 0 Å². The molecule has 2 heterocycles. The van der Waals surface area contributed by atoms with Gasteiger partial charge in [0.05, 0.1) is 0 Å². The molecule has 4 nitrogen and oxygen atoms in total. The second-order valence-electron chi connectivity index (χ2n) is 4.71. The van der Waals surface area contributed by atoms with E-state index in [-0.39, 0.29) is 0 Å². The Bertz CT molecular complexity index is 501. The number of nitrogens with one attached hydrogen (secondary N) is 1.